The number of hydrogen-bond acceptors (Lipinski definition) is 4. The van der Waals surface area contributed by atoms with Gasteiger partial charge in [0.15, 0.2) is 5.16 Å². The molecule has 1 aromatic carbocycles. The van der Waals surface area contributed by atoms with Crippen molar-refractivity contribution in [1.29, 1.82) is 0 Å². The van der Waals surface area contributed by atoms with Gasteiger partial charge < -0.3 is 15.0 Å². The summed E-state index contributed by atoms with van der Waals surface area (Å²) in [4.78, 5) is 16.2. The molecule has 0 fully saturated rings. The molecule has 0 aliphatic heterocycles. The van der Waals surface area contributed by atoms with Gasteiger partial charge in [-0.05, 0) is 25.0 Å². The number of anilines is 1. The van der Waals surface area contributed by atoms with Crippen molar-refractivity contribution in [3.63, 3.8) is 0 Å². The van der Waals surface area contributed by atoms with E-state index < -0.39 is 0 Å². The molecule has 21 heavy (non-hydrogen) atoms. The van der Waals surface area contributed by atoms with Gasteiger partial charge in [-0.25, -0.2) is 4.98 Å². The van der Waals surface area contributed by atoms with Crippen LogP contribution in [0.2, 0.25) is 0 Å². The molecule has 0 aliphatic carbocycles. The zero-order chi connectivity index (χ0) is 15.4. The van der Waals surface area contributed by atoms with Gasteiger partial charge in [-0.2, -0.15) is 0 Å². The van der Waals surface area contributed by atoms with Crippen molar-refractivity contribution >= 4 is 23.4 Å². The first-order valence-electron chi connectivity index (χ1n) is 6.63. The maximum absolute atomic E-state index is 12.1. The van der Waals surface area contributed by atoms with E-state index in [1.165, 1.54) is 11.8 Å². The predicted octanol–water partition coefficient (Wildman–Crippen LogP) is 2.26. The van der Waals surface area contributed by atoms with Gasteiger partial charge in [-0.1, -0.05) is 30.0 Å². The van der Waals surface area contributed by atoms with Crippen LogP contribution < -0.4 is 5.32 Å². The van der Waals surface area contributed by atoms with Gasteiger partial charge in [0.1, 0.15) is 0 Å². The number of thioether (sulfide) groups is 1. The van der Waals surface area contributed by atoms with Crippen LogP contribution in [-0.2, 0) is 18.4 Å². The van der Waals surface area contributed by atoms with Gasteiger partial charge >= 0.3 is 0 Å². The summed E-state index contributed by atoms with van der Waals surface area (Å²) < 4.78 is 1.79. The fourth-order valence-corrected chi connectivity index (χ4v) is 2.79. The molecule has 2 aromatic rings. The highest BCUT2D eigenvalue weighted by Gasteiger charge is 2.11. The van der Waals surface area contributed by atoms with E-state index in [9.17, 15) is 4.79 Å². The molecule has 0 unspecified atom stereocenters. The lowest BCUT2D eigenvalue weighted by Crippen LogP contribution is -2.16. The summed E-state index contributed by atoms with van der Waals surface area (Å²) in [5, 5.41) is 12.8. The number of carbonyl (C=O) groups excluding carboxylic acids is 1. The SMILES string of the molecule is Cc1cccc(C)c1NC(=O)CSc1ncc(CO)n1C. The van der Waals surface area contributed by atoms with E-state index in [0.29, 0.717) is 0 Å². The number of carbonyl (C=O) groups is 1. The molecule has 0 bridgehead atoms. The maximum Gasteiger partial charge on any atom is 0.234 e. The van der Waals surface area contributed by atoms with Crippen molar-refractivity contribution in [2.24, 2.45) is 7.05 Å². The van der Waals surface area contributed by atoms with Crippen LogP contribution in [0.5, 0.6) is 0 Å². The molecule has 6 heteroatoms. The fourth-order valence-electron chi connectivity index (χ4n) is 2.02. The lowest BCUT2D eigenvalue weighted by molar-refractivity contribution is -0.113. The molecule has 2 rings (SSSR count). The van der Waals surface area contributed by atoms with Crippen molar-refractivity contribution in [3.8, 4) is 0 Å². The molecule has 0 saturated heterocycles. The zero-order valence-electron chi connectivity index (χ0n) is 12.4. The molecular weight excluding hydrogens is 286 g/mol. The molecular formula is C15H19N3O2S. The highest BCUT2D eigenvalue weighted by atomic mass is 32.2. The summed E-state index contributed by atoms with van der Waals surface area (Å²) in [5.41, 5.74) is 3.70. The summed E-state index contributed by atoms with van der Waals surface area (Å²) in [6.07, 6.45) is 1.62. The van der Waals surface area contributed by atoms with Crippen LogP contribution in [0.1, 0.15) is 16.8 Å². The van der Waals surface area contributed by atoms with Crippen molar-refractivity contribution in [1.82, 2.24) is 9.55 Å². The summed E-state index contributed by atoms with van der Waals surface area (Å²) in [6.45, 7) is 3.89. The predicted molar refractivity (Wildman–Crippen MR) is 84.4 cm³/mol. The molecule has 0 saturated carbocycles. The normalized spacial score (nSPS) is 10.7. The second-order valence-electron chi connectivity index (χ2n) is 4.85. The van der Waals surface area contributed by atoms with Gasteiger partial charge in [-0.15, -0.1) is 0 Å². The number of imidazole rings is 1. The molecule has 0 aliphatic rings. The largest absolute Gasteiger partial charge is 0.390 e. The van der Waals surface area contributed by atoms with E-state index in [0.717, 1.165) is 27.7 Å². The first kappa shape index (κ1) is 15.6. The quantitative estimate of drug-likeness (QED) is 0.832. The lowest BCUT2D eigenvalue weighted by atomic mass is 10.1. The van der Waals surface area contributed by atoms with E-state index in [2.05, 4.69) is 10.3 Å². The Morgan fingerprint density at radius 1 is 1.38 bits per heavy atom. The Morgan fingerprint density at radius 3 is 2.62 bits per heavy atom. The summed E-state index contributed by atoms with van der Waals surface area (Å²) >= 11 is 1.35. The average molecular weight is 305 g/mol. The topological polar surface area (TPSA) is 67.2 Å². The Labute approximate surface area is 128 Å². The highest BCUT2D eigenvalue weighted by molar-refractivity contribution is 7.99. The van der Waals surface area contributed by atoms with Gasteiger partial charge in [0.2, 0.25) is 5.91 Å². The Hall–Kier alpha value is -1.79. The molecule has 5 nitrogen and oxygen atoms in total. The Bertz CT molecular complexity index is 632. The van der Waals surface area contributed by atoms with Crippen molar-refractivity contribution < 1.29 is 9.90 Å². The van der Waals surface area contributed by atoms with Crippen molar-refractivity contribution in [2.75, 3.05) is 11.1 Å². The Balaban J connectivity index is 1.98. The van der Waals surface area contributed by atoms with Crippen LogP contribution in [-0.4, -0.2) is 26.3 Å². The van der Waals surface area contributed by atoms with E-state index in [1.807, 2.05) is 39.1 Å². The van der Waals surface area contributed by atoms with Crippen molar-refractivity contribution in [2.45, 2.75) is 25.6 Å². The minimum absolute atomic E-state index is 0.0569. The van der Waals surface area contributed by atoms with Gasteiger partial charge in [-0.3, -0.25) is 4.79 Å². The zero-order valence-corrected chi connectivity index (χ0v) is 13.2. The second-order valence-corrected chi connectivity index (χ2v) is 5.80. The number of aromatic nitrogens is 2. The number of para-hydroxylation sites is 1. The number of hydrogen-bond donors (Lipinski definition) is 2. The van der Waals surface area contributed by atoms with E-state index >= 15 is 0 Å². The number of nitrogens with one attached hydrogen (secondary N) is 1. The smallest absolute Gasteiger partial charge is 0.234 e. The molecule has 0 radical (unpaired) electrons. The lowest BCUT2D eigenvalue weighted by Gasteiger charge is -2.11. The van der Waals surface area contributed by atoms with Crippen LogP contribution in [0.15, 0.2) is 29.6 Å². The highest BCUT2D eigenvalue weighted by Crippen LogP contribution is 2.21. The molecule has 0 atom stereocenters. The molecule has 1 heterocycles. The number of rotatable bonds is 5. The molecule has 112 valence electrons. The van der Waals surface area contributed by atoms with Gasteiger partial charge in [0, 0.05) is 12.7 Å². The van der Waals surface area contributed by atoms with Crippen LogP contribution >= 0.6 is 11.8 Å². The third kappa shape index (κ3) is 3.65. The number of amides is 1. The number of nitrogens with zero attached hydrogens (tertiary/aromatic N) is 2. The minimum atomic E-state index is -0.0639. The van der Waals surface area contributed by atoms with Crippen LogP contribution in [0.4, 0.5) is 5.69 Å². The number of aliphatic hydroxyl groups excluding tert-OH is 1. The van der Waals surface area contributed by atoms with E-state index in [1.54, 1.807) is 10.8 Å². The summed E-state index contributed by atoms with van der Waals surface area (Å²) in [5.74, 6) is 0.217. The van der Waals surface area contributed by atoms with E-state index in [4.69, 9.17) is 5.11 Å². The number of benzene rings is 1. The fraction of sp³-hybridized carbons (Fsp3) is 0.333. The summed E-state index contributed by atoms with van der Waals surface area (Å²) in [7, 11) is 1.82. The van der Waals surface area contributed by atoms with Gasteiger partial charge in [0.05, 0.1) is 24.3 Å². The number of aliphatic hydroxyl groups is 1. The third-order valence-electron chi connectivity index (χ3n) is 3.28. The molecule has 2 N–H and O–H groups in total. The molecule has 1 amide bonds. The van der Waals surface area contributed by atoms with E-state index in [-0.39, 0.29) is 18.3 Å². The van der Waals surface area contributed by atoms with Crippen LogP contribution in [0, 0.1) is 13.8 Å². The Kier molecular flexibility index (Phi) is 5.03. The molecule has 1 aromatic heterocycles. The first-order chi connectivity index (χ1) is 10.0. The van der Waals surface area contributed by atoms with Gasteiger partial charge in [0.25, 0.3) is 0 Å². The minimum Gasteiger partial charge on any atom is -0.390 e. The number of aryl methyl sites for hydroxylation is 2. The standard InChI is InChI=1S/C15H19N3O2S/c1-10-5-4-6-11(2)14(10)17-13(20)9-21-15-16-7-12(8-19)18(15)3/h4-7,19H,8-9H2,1-3H3,(H,17,20). The van der Waals surface area contributed by atoms with Crippen molar-refractivity contribution in [3.05, 3.63) is 41.2 Å². The monoisotopic (exact) mass is 305 g/mol. The third-order valence-corrected chi connectivity index (χ3v) is 4.33. The maximum atomic E-state index is 12.1. The average Bonchev–Trinajstić information content (AvgIpc) is 2.81. The summed E-state index contributed by atoms with van der Waals surface area (Å²) in [6, 6.07) is 5.92. The van der Waals surface area contributed by atoms with Crippen LogP contribution in [0.3, 0.4) is 0 Å². The second kappa shape index (κ2) is 6.78. The molecule has 0 spiro atoms. The Morgan fingerprint density at radius 2 is 2.05 bits per heavy atom. The first-order valence-corrected chi connectivity index (χ1v) is 7.61. The van der Waals surface area contributed by atoms with Crippen LogP contribution in [0.25, 0.3) is 0 Å².